The number of fused-ring (bicyclic) bond motifs is 1. The van der Waals surface area contributed by atoms with Crippen LogP contribution in [0.2, 0.25) is 5.02 Å². The van der Waals surface area contributed by atoms with Crippen LogP contribution in [-0.4, -0.2) is 38.4 Å². The van der Waals surface area contributed by atoms with Gasteiger partial charge in [-0.05, 0) is 73.6 Å². The lowest BCUT2D eigenvalue weighted by Crippen LogP contribution is -2.36. The van der Waals surface area contributed by atoms with Gasteiger partial charge in [-0.25, -0.2) is 8.42 Å². The van der Waals surface area contributed by atoms with Crippen LogP contribution in [0.5, 0.6) is 5.75 Å². The molecule has 2 unspecified atom stereocenters. The number of halogens is 1. The SMILES string of the molecule is Cc1cc(OCCCC2c3ccccc3NC2C(=O)CS(=O)(=O)CCc2ccccc2)cc(C)c1Cl. The third-order valence-electron chi connectivity index (χ3n) is 6.67. The Morgan fingerprint density at radius 1 is 1.00 bits per heavy atom. The van der Waals surface area contributed by atoms with Gasteiger partial charge >= 0.3 is 0 Å². The van der Waals surface area contributed by atoms with Crippen LogP contribution in [0.25, 0.3) is 0 Å². The lowest BCUT2D eigenvalue weighted by atomic mass is 9.89. The van der Waals surface area contributed by atoms with Crippen LogP contribution < -0.4 is 10.1 Å². The van der Waals surface area contributed by atoms with E-state index in [4.69, 9.17) is 16.3 Å². The number of ether oxygens (including phenoxy) is 1. The van der Waals surface area contributed by atoms with Crippen molar-refractivity contribution in [2.24, 2.45) is 0 Å². The summed E-state index contributed by atoms with van der Waals surface area (Å²) in [6, 6.07) is 20.6. The maximum atomic E-state index is 13.2. The fourth-order valence-electron chi connectivity index (χ4n) is 4.81. The molecule has 0 amide bonds. The first-order valence-electron chi connectivity index (χ1n) is 12.3. The molecule has 0 aromatic heterocycles. The fourth-order valence-corrected chi connectivity index (χ4v) is 6.22. The zero-order valence-corrected chi connectivity index (χ0v) is 22.2. The topological polar surface area (TPSA) is 72.5 Å². The molecule has 190 valence electrons. The number of ketones is 1. The molecule has 2 atom stereocenters. The highest BCUT2D eigenvalue weighted by Gasteiger charge is 2.37. The van der Waals surface area contributed by atoms with Crippen molar-refractivity contribution in [2.45, 2.75) is 45.1 Å². The molecule has 0 fully saturated rings. The molecule has 4 rings (SSSR count). The van der Waals surface area contributed by atoms with Crippen molar-refractivity contribution in [1.29, 1.82) is 0 Å². The van der Waals surface area contributed by atoms with E-state index in [0.717, 1.165) is 45.1 Å². The third kappa shape index (κ3) is 6.48. The molecule has 5 nitrogen and oxygen atoms in total. The Morgan fingerprint density at radius 2 is 1.67 bits per heavy atom. The summed E-state index contributed by atoms with van der Waals surface area (Å²) in [4.78, 5) is 13.2. The monoisotopic (exact) mass is 525 g/mol. The number of hydrogen-bond donors (Lipinski definition) is 1. The predicted octanol–water partition coefficient (Wildman–Crippen LogP) is 5.92. The molecule has 1 aliphatic heterocycles. The lowest BCUT2D eigenvalue weighted by Gasteiger charge is -2.20. The zero-order valence-electron chi connectivity index (χ0n) is 20.7. The summed E-state index contributed by atoms with van der Waals surface area (Å²) >= 11 is 6.25. The number of carbonyl (C=O) groups excluding carboxylic acids is 1. The summed E-state index contributed by atoms with van der Waals surface area (Å²) in [6.07, 6.45) is 1.83. The van der Waals surface area contributed by atoms with Crippen LogP contribution in [0.4, 0.5) is 5.69 Å². The van der Waals surface area contributed by atoms with E-state index in [1.54, 1.807) is 0 Å². The molecule has 0 spiro atoms. The first-order chi connectivity index (χ1) is 17.2. The van der Waals surface area contributed by atoms with Crippen molar-refractivity contribution in [2.75, 3.05) is 23.4 Å². The molecule has 0 saturated carbocycles. The molecular weight excluding hydrogens is 494 g/mol. The molecule has 0 saturated heterocycles. The number of sulfone groups is 1. The summed E-state index contributed by atoms with van der Waals surface area (Å²) in [5.74, 6) is -0.108. The highest BCUT2D eigenvalue weighted by molar-refractivity contribution is 7.92. The molecule has 0 radical (unpaired) electrons. The van der Waals surface area contributed by atoms with E-state index in [0.29, 0.717) is 19.4 Å². The minimum atomic E-state index is -3.53. The Morgan fingerprint density at radius 3 is 2.39 bits per heavy atom. The van der Waals surface area contributed by atoms with Gasteiger partial charge in [0, 0.05) is 16.6 Å². The van der Waals surface area contributed by atoms with E-state index >= 15 is 0 Å². The van der Waals surface area contributed by atoms with Crippen molar-refractivity contribution >= 4 is 32.9 Å². The normalized spacial score (nSPS) is 16.9. The summed E-state index contributed by atoms with van der Waals surface area (Å²) in [6.45, 7) is 4.40. The number of aryl methyl sites for hydroxylation is 3. The Labute approximate surface area is 218 Å². The van der Waals surface area contributed by atoms with Gasteiger partial charge in [-0.2, -0.15) is 0 Å². The Kier molecular flexibility index (Phi) is 8.37. The Balaban J connectivity index is 1.38. The van der Waals surface area contributed by atoms with E-state index < -0.39 is 21.6 Å². The Hall–Kier alpha value is -2.83. The van der Waals surface area contributed by atoms with E-state index in [-0.39, 0.29) is 17.5 Å². The molecule has 1 heterocycles. The van der Waals surface area contributed by atoms with Gasteiger partial charge in [-0.15, -0.1) is 0 Å². The molecule has 36 heavy (non-hydrogen) atoms. The lowest BCUT2D eigenvalue weighted by molar-refractivity contribution is -0.117. The average Bonchev–Trinajstić information content (AvgIpc) is 3.23. The van der Waals surface area contributed by atoms with Crippen molar-refractivity contribution in [3.63, 3.8) is 0 Å². The highest BCUT2D eigenvalue weighted by atomic mass is 35.5. The molecular formula is C29H32ClNO4S. The van der Waals surface area contributed by atoms with Crippen LogP contribution in [-0.2, 0) is 21.1 Å². The highest BCUT2D eigenvalue weighted by Crippen LogP contribution is 2.39. The van der Waals surface area contributed by atoms with Gasteiger partial charge in [0.05, 0.1) is 18.4 Å². The second-order valence-corrected chi connectivity index (χ2v) is 12.0. The number of nitrogens with one attached hydrogen (secondary N) is 1. The average molecular weight is 526 g/mol. The van der Waals surface area contributed by atoms with Crippen LogP contribution in [0, 0.1) is 13.8 Å². The van der Waals surface area contributed by atoms with Gasteiger partial charge in [-0.1, -0.05) is 60.1 Å². The minimum Gasteiger partial charge on any atom is -0.494 e. The number of para-hydroxylation sites is 1. The quantitative estimate of drug-likeness (QED) is 0.314. The van der Waals surface area contributed by atoms with E-state index in [1.807, 2.05) is 80.6 Å². The van der Waals surface area contributed by atoms with E-state index in [9.17, 15) is 13.2 Å². The molecule has 3 aromatic rings. The minimum absolute atomic E-state index is 0.0408. The number of hydrogen-bond acceptors (Lipinski definition) is 5. The van der Waals surface area contributed by atoms with E-state index in [2.05, 4.69) is 5.32 Å². The van der Waals surface area contributed by atoms with Crippen LogP contribution in [0.15, 0.2) is 66.7 Å². The van der Waals surface area contributed by atoms with Gasteiger partial charge < -0.3 is 10.1 Å². The van der Waals surface area contributed by atoms with Gasteiger partial charge in [0.1, 0.15) is 11.5 Å². The molecule has 1 N–H and O–H groups in total. The smallest absolute Gasteiger partial charge is 0.170 e. The number of carbonyl (C=O) groups is 1. The number of anilines is 1. The summed E-state index contributed by atoms with van der Waals surface area (Å²) in [5.41, 5.74) is 4.84. The van der Waals surface area contributed by atoms with E-state index in [1.165, 1.54) is 0 Å². The maximum Gasteiger partial charge on any atom is 0.170 e. The number of Topliss-reactive ketones (excluding diaryl/α,β-unsaturated/α-hetero) is 1. The second kappa shape index (κ2) is 11.5. The molecule has 7 heteroatoms. The van der Waals surface area contributed by atoms with Crippen molar-refractivity contribution in [3.05, 3.63) is 94.0 Å². The van der Waals surface area contributed by atoms with Gasteiger partial charge in [0.25, 0.3) is 0 Å². The third-order valence-corrected chi connectivity index (χ3v) is 8.81. The van der Waals surface area contributed by atoms with Crippen molar-refractivity contribution in [1.82, 2.24) is 0 Å². The van der Waals surface area contributed by atoms with Crippen molar-refractivity contribution < 1.29 is 17.9 Å². The van der Waals surface area contributed by atoms with Crippen LogP contribution >= 0.6 is 11.6 Å². The molecule has 1 aliphatic rings. The second-order valence-electron chi connectivity index (χ2n) is 9.47. The fraction of sp³-hybridized carbons (Fsp3) is 0.345. The standard InChI is InChI=1S/C29H32ClNO4S/c1-20-17-23(18-21(2)28(20)30)35-15-8-12-25-24-11-6-7-13-26(24)31-29(25)27(32)19-36(33,34)16-14-22-9-4-3-5-10-22/h3-7,9-11,13,17-18,25,29,31H,8,12,14-16,19H2,1-2H3. The first-order valence-corrected chi connectivity index (χ1v) is 14.5. The molecule has 3 aromatic carbocycles. The first kappa shape index (κ1) is 26.2. The Bertz CT molecular complexity index is 1300. The number of rotatable bonds is 11. The van der Waals surface area contributed by atoms with Gasteiger partial charge in [0.15, 0.2) is 15.6 Å². The van der Waals surface area contributed by atoms with Crippen molar-refractivity contribution in [3.8, 4) is 5.75 Å². The number of benzene rings is 3. The largest absolute Gasteiger partial charge is 0.494 e. The maximum absolute atomic E-state index is 13.2. The van der Waals surface area contributed by atoms with Gasteiger partial charge in [-0.3, -0.25) is 4.79 Å². The summed E-state index contributed by atoms with van der Waals surface area (Å²) in [5, 5.41) is 4.04. The van der Waals surface area contributed by atoms with Crippen LogP contribution in [0.1, 0.15) is 41.0 Å². The summed E-state index contributed by atoms with van der Waals surface area (Å²) < 4.78 is 31.5. The van der Waals surface area contributed by atoms with Crippen LogP contribution in [0.3, 0.4) is 0 Å². The summed E-state index contributed by atoms with van der Waals surface area (Å²) in [7, 11) is -3.53. The molecule has 0 bridgehead atoms. The predicted molar refractivity (Wildman–Crippen MR) is 146 cm³/mol. The zero-order chi connectivity index (χ0) is 25.7. The molecule has 0 aliphatic carbocycles. The van der Waals surface area contributed by atoms with Gasteiger partial charge in [0.2, 0.25) is 0 Å².